The Morgan fingerprint density at radius 1 is 0.889 bits per heavy atom. The zero-order chi connectivity index (χ0) is 12.6. The van der Waals surface area contributed by atoms with Gasteiger partial charge in [0, 0.05) is 11.1 Å². The number of oxime groups is 1. The minimum absolute atomic E-state index is 0.642. The summed E-state index contributed by atoms with van der Waals surface area (Å²) in [6, 6.07) is 20.2. The van der Waals surface area contributed by atoms with E-state index in [2.05, 4.69) is 12.1 Å². The maximum absolute atomic E-state index is 5.34. The SMILES string of the molecule is CCCON=C(c1ccccc1)c1ccccc1. The molecule has 92 valence electrons. The molecule has 18 heavy (non-hydrogen) atoms. The summed E-state index contributed by atoms with van der Waals surface area (Å²) in [5.41, 5.74) is 3.02. The first kappa shape index (κ1) is 12.4. The maximum Gasteiger partial charge on any atom is 0.117 e. The quantitative estimate of drug-likeness (QED) is 0.441. The zero-order valence-electron chi connectivity index (χ0n) is 10.5. The second kappa shape index (κ2) is 6.60. The molecule has 2 nitrogen and oxygen atoms in total. The Bertz CT molecular complexity index is 450. The van der Waals surface area contributed by atoms with Crippen molar-refractivity contribution >= 4 is 5.71 Å². The van der Waals surface area contributed by atoms with E-state index in [-0.39, 0.29) is 0 Å². The topological polar surface area (TPSA) is 21.6 Å². The van der Waals surface area contributed by atoms with Crippen LogP contribution >= 0.6 is 0 Å². The molecule has 0 fully saturated rings. The van der Waals surface area contributed by atoms with Crippen LogP contribution in [0.4, 0.5) is 0 Å². The van der Waals surface area contributed by atoms with Crippen molar-refractivity contribution in [3.05, 3.63) is 71.8 Å². The molecule has 0 heterocycles. The van der Waals surface area contributed by atoms with Crippen LogP contribution in [0.3, 0.4) is 0 Å². The van der Waals surface area contributed by atoms with Crippen molar-refractivity contribution in [3.8, 4) is 0 Å². The molecule has 2 aromatic carbocycles. The van der Waals surface area contributed by atoms with E-state index < -0.39 is 0 Å². The number of hydrogen-bond acceptors (Lipinski definition) is 2. The van der Waals surface area contributed by atoms with Gasteiger partial charge >= 0.3 is 0 Å². The van der Waals surface area contributed by atoms with Crippen LogP contribution in [0.15, 0.2) is 65.8 Å². The third kappa shape index (κ3) is 3.20. The molecule has 2 aromatic rings. The van der Waals surface area contributed by atoms with Crippen LogP contribution in [0, 0.1) is 0 Å². The van der Waals surface area contributed by atoms with Crippen LogP contribution in [0.25, 0.3) is 0 Å². The largest absolute Gasteiger partial charge is 0.395 e. The predicted molar refractivity (Wildman–Crippen MR) is 74.8 cm³/mol. The predicted octanol–water partition coefficient (Wildman–Crippen LogP) is 3.87. The highest BCUT2D eigenvalue weighted by Crippen LogP contribution is 2.11. The Hall–Kier alpha value is -2.09. The van der Waals surface area contributed by atoms with E-state index in [0.717, 1.165) is 23.3 Å². The van der Waals surface area contributed by atoms with Gasteiger partial charge in [0.25, 0.3) is 0 Å². The summed E-state index contributed by atoms with van der Waals surface area (Å²) in [5.74, 6) is 0. The van der Waals surface area contributed by atoms with Crippen LogP contribution in [-0.4, -0.2) is 12.3 Å². The molecular weight excluding hydrogens is 222 g/mol. The second-order valence-corrected chi connectivity index (χ2v) is 4.01. The summed E-state index contributed by atoms with van der Waals surface area (Å²) in [6.45, 7) is 2.71. The van der Waals surface area contributed by atoms with E-state index in [1.54, 1.807) is 0 Å². The van der Waals surface area contributed by atoms with Crippen molar-refractivity contribution in [2.45, 2.75) is 13.3 Å². The first-order valence-electron chi connectivity index (χ1n) is 6.22. The highest BCUT2D eigenvalue weighted by Gasteiger charge is 2.06. The molecule has 0 saturated carbocycles. The summed E-state index contributed by atoms with van der Waals surface area (Å²) in [6.07, 6.45) is 0.959. The lowest BCUT2D eigenvalue weighted by Gasteiger charge is -2.06. The molecule has 0 saturated heterocycles. The Kier molecular flexibility index (Phi) is 4.53. The van der Waals surface area contributed by atoms with Gasteiger partial charge in [-0.2, -0.15) is 0 Å². The van der Waals surface area contributed by atoms with Gasteiger partial charge in [-0.25, -0.2) is 0 Å². The fourth-order valence-corrected chi connectivity index (χ4v) is 1.67. The van der Waals surface area contributed by atoms with Crippen molar-refractivity contribution in [1.29, 1.82) is 0 Å². The lowest BCUT2D eigenvalue weighted by atomic mass is 10.0. The van der Waals surface area contributed by atoms with Gasteiger partial charge in [0.05, 0.1) is 0 Å². The third-order valence-corrected chi connectivity index (χ3v) is 2.55. The average molecular weight is 239 g/mol. The molecule has 0 atom stereocenters. The molecule has 0 bridgehead atoms. The van der Waals surface area contributed by atoms with Crippen molar-refractivity contribution in [3.63, 3.8) is 0 Å². The van der Waals surface area contributed by atoms with Crippen LogP contribution in [0.5, 0.6) is 0 Å². The minimum Gasteiger partial charge on any atom is -0.395 e. The van der Waals surface area contributed by atoms with Crippen molar-refractivity contribution in [2.75, 3.05) is 6.61 Å². The Balaban J connectivity index is 2.33. The van der Waals surface area contributed by atoms with Crippen LogP contribution < -0.4 is 0 Å². The number of nitrogens with zero attached hydrogens (tertiary/aromatic N) is 1. The van der Waals surface area contributed by atoms with Crippen LogP contribution in [0.2, 0.25) is 0 Å². The summed E-state index contributed by atoms with van der Waals surface area (Å²) >= 11 is 0. The molecule has 0 N–H and O–H groups in total. The van der Waals surface area contributed by atoms with Gasteiger partial charge in [0.15, 0.2) is 0 Å². The number of benzene rings is 2. The fourth-order valence-electron chi connectivity index (χ4n) is 1.67. The first-order chi connectivity index (χ1) is 8.92. The highest BCUT2D eigenvalue weighted by atomic mass is 16.6. The fraction of sp³-hybridized carbons (Fsp3) is 0.188. The molecule has 0 radical (unpaired) electrons. The monoisotopic (exact) mass is 239 g/mol. The van der Waals surface area contributed by atoms with Gasteiger partial charge in [0.2, 0.25) is 0 Å². The first-order valence-corrected chi connectivity index (χ1v) is 6.22. The Labute approximate surface area is 108 Å². The van der Waals surface area contributed by atoms with Crippen LogP contribution in [0.1, 0.15) is 24.5 Å². The van der Waals surface area contributed by atoms with Gasteiger partial charge in [-0.1, -0.05) is 72.7 Å². The smallest absolute Gasteiger partial charge is 0.117 e. The molecule has 0 aliphatic carbocycles. The lowest BCUT2D eigenvalue weighted by molar-refractivity contribution is 0.145. The molecule has 0 aliphatic rings. The van der Waals surface area contributed by atoms with Crippen molar-refractivity contribution < 1.29 is 4.84 Å². The molecule has 0 spiro atoms. The summed E-state index contributed by atoms with van der Waals surface area (Å²) < 4.78 is 0. The average Bonchev–Trinajstić information content (AvgIpc) is 2.46. The third-order valence-electron chi connectivity index (χ3n) is 2.55. The molecule has 2 rings (SSSR count). The van der Waals surface area contributed by atoms with E-state index >= 15 is 0 Å². The number of rotatable bonds is 5. The van der Waals surface area contributed by atoms with E-state index in [4.69, 9.17) is 4.84 Å². The molecule has 0 aromatic heterocycles. The normalized spacial score (nSPS) is 9.83. The van der Waals surface area contributed by atoms with Crippen LogP contribution in [-0.2, 0) is 4.84 Å². The van der Waals surface area contributed by atoms with Gasteiger partial charge in [-0.05, 0) is 6.42 Å². The number of hydrogen-bond donors (Lipinski definition) is 0. The molecule has 0 aliphatic heterocycles. The van der Waals surface area contributed by atoms with Crippen molar-refractivity contribution in [1.82, 2.24) is 0 Å². The Morgan fingerprint density at radius 2 is 1.39 bits per heavy atom. The van der Waals surface area contributed by atoms with E-state index in [1.807, 2.05) is 60.7 Å². The molecule has 0 amide bonds. The van der Waals surface area contributed by atoms with Gasteiger partial charge in [-0.3, -0.25) is 0 Å². The summed E-state index contributed by atoms with van der Waals surface area (Å²) in [5, 5.41) is 4.27. The maximum atomic E-state index is 5.34. The second-order valence-electron chi connectivity index (χ2n) is 4.01. The van der Waals surface area contributed by atoms with E-state index in [9.17, 15) is 0 Å². The lowest BCUT2D eigenvalue weighted by Crippen LogP contribution is -2.04. The standard InChI is InChI=1S/C16H17NO/c1-2-13-18-17-16(14-9-5-3-6-10-14)15-11-7-4-8-12-15/h3-12H,2,13H2,1H3. The summed E-state index contributed by atoms with van der Waals surface area (Å²) in [4.78, 5) is 5.34. The van der Waals surface area contributed by atoms with Gasteiger partial charge in [0.1, 0.15) is 12.3 Å². The Morgan fingerprint density at radius 3 is 1.83 bits per heavy atom. The molecule has 2 heteroatoms. The highest BCUT2D eigenvalue weighted by molar-refractivity contribution is 6.12. The van der Waals surface area contributed by atoms with Gasteiger partial charge in [-0.15, -0.1) is 0 Å². The molecule has 0 unspecified atom stereocenters. The van der Waals surface area contributed by atoms with Gasteiger partial charge < -0.3 is 4.84 Å². The molecular formula is C16H17NO. The van der Waals surface area contributed by atoms with Crippen molar-refractivity contribution in [2.24, 2.45) is 5.16 Å². The summed E-state index contributed by atoms with van der Waals surface area (Å²) in [7, 11) is 0. The zero-order valence-corrected chi connectivity index (χ0v) is 10.5. The minimum atomic E-state index is 0.642. The van der Waals surface area contributed by atoms with E-state index in [1.165, 1.54) is 0 Å². The van der Waals surface area contributed by atoms with E-state index in [0.29, 0.717) is 6.61 Å².